The molecule has 1 heteroatoms. The van der Waals surface area contributed by atoms with Crippen LogP contribution >= 0.6 is 0 Å². The average molecular weight is 340 g/mol. The third-order valence-electron chi connectivity index (χ3n) is 6.19. The van der Waals surface area contributed by atoms with Crippen LogP contribution in [-0.2, 0) is 11.2 Å². The molecule has 0 N–H and O–H groups in total. The highest BCUT2D eigenvalue weighted by Crippen LogP contribution is 2.53. The van der Waals surface area contributed by atoms with Gasteiger partial charge in [-0.3, -0.25) is 0 Å². The highest BCUT2D eigenvalue weighted by molar-refractivity contribution is 5.36. The van der Waals surface area contributed by atoms with E-state index < -0.39 is 0 Å². The number of hydrogen-bond acceptors (Lipinski definition) is 1. The number of aryl methyl sites for hydroxylation is 1. The third kappa shape index (κ3) is 2.77. The van der Waals surface area contributed by atoms with E-state index in [0.29, 0.717) is 11.8 Å². The highest BCUT2D eigenvalue weighted by Gasteiger charge is 2.42. The van der Waals surface area contributed by atoms with Gasteiger partial charge < -0.3 is 4.74 Å². The van der Waals surface area contributed by atoms with Gasteiger partial charge in [-0.05, 0) is 53.4 Å². The van der Waals surface area contributed by atoms with Crippen LogP contribution in [0.3, 0.4) is 0 Å². The zero-order valence-corrected chi connectivity index (χ0v) is 14.9. The van der Waals surface area contributed by atoms with E-state index in [9.17, 15) is 0 Å². The Morgan fingerprint density at radius 3 is 2.12 bits per heavy atom. The standard InChI is InChI=1S/C25H24O/c1-3-10-19(11-4-1)24-17-23-21-14-8-7-9-18(21)15-16-22(23)25(26-24)20-12-5-2-6-13-20/h1-14,22-25H,15-17H2/t22-,23-,24+,25+/m0/s1. The molecule has 26 heavy (non-hydrogen) atoms. The van der Waals surface area contributed by atoms with Gasteiger partial charge in [-0.2, -0.15) is 0 Å². The van der Waals surface area contributed by atoms with Crippen LogP contribution in [0.25, 0.3) is 0 Å². The SMILES string of the molecule is c1ccc([C@H]2O[C@@H](c3ccccc3)C[C@H]3c4ccccc4CC[C@H]23)cc1. The molecule has 0 aromatic heterocycles. The first-order valence-corrected chi connectivity index (χ1v) is 9.73. The van der Waals surface area contributed by atoms with Crippen molar-refractivity contribution < 1.29 is 4.74 Å². The first-order chi connectivity index (χ1) is 12.9. The van der Waals surface area contributed by atoms with Crippen LogP contribution in [0.2, 0.25) is 0 Å². The van der Waals surface area contributed by atoms with Crippen LogP contribution in [0.4, 0.5) is 0 Å². The lowest BCUT2D eigenvalue weighted by molar-refractivity contribution is -0.103. The summed E-state index contributed by atoms with van der Waals surface area (Å²) in [6, 6.07) is 30.6. The maximum Gasteiger partial charge on any atom is 0.0867 e. The fourth-order valence-corrected chi connectivity index (χ4v) is 4.96. The van der Waals surface area contributed by atoms with Gasteiger partial charge in [0, 0.05) is 0 Å². The monoisotopic (exact) mass is 340 g/mol. The number of benzene rings is 3. The smallest absolute Gasteiger partial charge is 0.0867 e. The van der Waals surface area contributed by atoms with Crippen molar-refractivity contribution in [2.24, 2.45) is 5.92 Å². The zero-order chi connectivity index (χ0) is 17.3. The summed E-state index contributed by atoms with van der Waals surface area (Å²) in [6.45, 7) is 0. The lowest BCUT2D eigenvalue weighted by atomic mass is 9.67. The predicted octanol–water partition coefficient (Wildman–Crippen LogP) is 6.24. The molecule has 0 spiro atoms. The van der Waals surface area contributed by atoms with E-state index in [-0.39, 0.29) is 12.2 Å². The van der Waals surface area contributed by atoms with Crippen LogP contribution in [0.1, 0.15) is 53.2 Å². The molecule has 0 amide bonds. The van der Waals surface area contributed by atoms with Crippen molar-refractivity contribution in [3.05, 3.63) is 107 Å². The molecule has 2 aliphatic rings. The van der Waals surface area contributed by atoms with Crippen LogP contribution in [0.15, 0.2) is 84.9 Å². The minimum absolute atomic E-state index is 0.161. The third-order valence-corrected chi connectivity index (χ3v) is 6.19. The van der Waals surface area contributed by atoms with E-state index in [1.165, 1.54) is 29.5 Å². The highest BCUT2D eigenvalue weighted by atomic mass is 16.5. The largest absolute Gasteiger partial charge is 0.365 e. The Morgan fingerprint density at radius 2 is 1.35 bits per heavy atom. The Hall–Kier alpha value is -2.38. The van der Waals surface area contributed by atoms with Gasteiger partial charge in [-0.1, -0.05) is 84.9 Å². The van der Waals surface area contributed by atoms with Gasteiger partial charge in [0.1, 0.15) is 0 Å². The molecule has 130 valence electrons. The summed E-state index contributed by atoms with van der Waals surface area (Å²) in [5, 5.41) is 0. The summed E-state index contributed by atoms with van der Waals surface area (Å²) in [5.41, 5.74) is 5.71. The predicted molar refractivity (Wildman–Crippen MR) is 105 cm³/mol. The van der Waals surface area contributed by atoms with E-state index >= 15 is 0 Å². The number of hydrogen-bond donors (Lipinski definition) is 0. The molecule has 5 rings (SSSR count). The van der Waals surface area contributed by atoms with Crippen molar-refractivity contribution in [2.45, 2.75) is 37.4 Å². The van der Waals surface area contributed by atoms with Gasteiger partial charge in [0.05, 0.1) is 12.2 Å². The first kappa shape index (κ1) is 15.8. The normalized spacial score (nSPS) is 27.4. The van der Waals surface area contributed by atoms with Crippen molar-refractivity contribution in [1.82, 2.24) is 0 Å². The average Bonchev–Trinajstić information content (AvgIpc) is 2.74. The topological polar surface area (TPSA) is 9.23 Å². The molecular weight excluding hydrogens is 316 g/mol. The van der Waals surface area contributed by atoms with Crippen LogP contribution < -0.4 is 0 Å². The summed E-state index contributed by atoms with van der Waals surface area (Å²) in [5.74, 6) is 1.14. The minimum atomic E-state index is 0.161. The summed E-state index contributed by atoms with van der Waals surface area (Å²) in [7, 11) is 0. The summed E-state index contributed by atoms with van der Waals surface area (Å²) in [4.78, 5) is 0. The molecule has 1 aliphatic carbocycles. The first-order valence-electron chi connectivity index (χ1n) is 9.73. The van der Waals surface area contributed by atoms with Crippen molar-refractivity contribution >= 4 is 0 Å². The van der Waals surface area contributed by atoms with E-state index in [2.05, 4.69) is 84.9 Å². The van der Waals surface area contributed by atoms with Crippen molar-refractivity contribution in [1.29, 1.82) is 0 Å². The van der Waals surface area contributed by atoms with Crippen LogP contribution in [0, 0.1) is 5.92 Å². The van der Waals surface area contributed by atoms with E-state index in [1.807, 2.05) is 0 Å². The molecule has 0 unspecified atom stereocenters. The van der Waals surface area contributed by atoms with Crippen LogP contribution in [0.5, 0.6) is 0 Å². The van der Waals surface area contributed by atoms with E-state index in [4.69, 9.17) is 4.74 Å². The molecule has 1 saturated heterocycles. The Balaban J connectivity index is 1.57. The van der Waals surface area contributed by atoms with Gasteiger partial charge in [0.15, 0.2) is 0 Å². The van der Waals surface area contributed by atoms with Gasteiger partial charge in [-0.15, -0.1) is 0 Å². The quantitative estimate of drug-likeness (QED) is 0.537. The van der Waals surface area contributed by atoms with Gasteiger partial charge in [0.25, 0.3) is 0 Å². The molecule has 0 radical (unpaired) electrons. The molecule has 1 nitrogen and oxygen atoms in total. The Bertz CT molecular complexity index is 871. The molecule has 1 fully saturated rings. The molecule has 0 bridgehead atoms. The second-order valence-electron chi connectivity index (χ2n) is 7.61. The van der Waals surface area contributed by atoms with Crippen molar-refractivity contribution in [3.63, 3.8) is 0 Å². The second kappa shape index (κ2) is 6.74. The number of fused-ring (bicyclic) bond motifs is 3. The lowest BCUT2D eigenvalue weighted by Crippen LogP contribution is -2.34. The molecular formula is C25H24O. The molecule has 3 aromatic rings. The second-order valence-corrected chi connectivity index (χ2v) is 7.61. The lowest BCUT2D eigenvalue weighted by Gasteiger charge is -2.46. The van der Waals surface area contributed by atoms with Crippen molar-refractivity contribution in [2.75, 3.05) is 0 Å². The maximum atomic E-state index is 6.74. The summed E-state index contributed by atoms with van der Waals surface area (Å²) >= 11 is 0. The van der Waals surface area contributed by atoms with E-state index in [1.54, 1.807) is 5.56 Å². The van der Waals surface area contributed by atoms with Gasteiger partial charge >= 0.3 is 0 Å². The number of rotatable bonds is 2. The maximum absolute atomic E-state index is 6.74. The summed E-state index contributed by atoms with van der Waals surface area (Å²) in [6.07, 6.45) is 3.79. The molecule has 4 atom stereocenters. The van der Waals surface area contributed by atoms with Crippen LogP contribution in [-0.4, -0.2) is 0 Å². The summed E-state index contributed by atoms with van der Waals surface area (Å²) < 4.78 is 6.74. The number of ether oxygens (including phenoxy) is 1. The fourth-order valence-electron chi connectivity index (χ4n) is 4.96. The van der Waals surface area contributed by atoms with E-state index in [0.717, 1.165) is 6.42 Å². The van der Waals surface area contributed by atoms with Gasteiger partial charge in [0.2, 0.25) is 0 Å². The molecule has 0 saturated carbocycles. The fraction of sp³-hybridized carbons (Fsp3) is 0.280. The Morgan fingerprint density at radius 1 is 0.692 bits per heavy atom. The minimum Gasteiger partial charge on any atom is -0.365 e. The molecule has 1 aliphatic heterocycles. The van der Waals surface area contributed by atoms with Crippen molar-refractivity contribution in [3.8, 4) is 0 Å². The molecule has 1 heterocycles. The van der Waals surface area contributed by atoms with Gasteiger partial charge in [-0.25, -0.2) is 0 Å². The Kier molecular flexibility index (Phi) is 4.10. The molecule has 3 aromatic carbocycles. The zero-order valence-electron chi connectivity index (χ0n) is 14.9. The Labute approximate surface area is 155 Å².